The van der Waals surface area contributed by atoms with Gasteiger partial charge in [0.25, 0.3) is 0 Å². The van der Waals surface area contributed by atoms with E-state index in [9.17, 15) is 8.42 Å². The second-order valence-electron chi connectivity index (χ2n) is 6.13. The van der Waals surface area contributed by atoms with Gasteiger partial charge in [-0.1, -0.05) is 35.8 Å². The molecule has 4 nitrogen and oxygen atoms in total. The van der Waals surface area contributed by atoms with Gasteiger partial charge in [0.1, 0.15) is 0 Å². The molecular weight excluding hydrogens is 340 g/mol. The van der Waals surface area contributed by atoms with E-state index in [1.165, 1.54) is 0 Å². The highest BCUT2D eigenvalue weighted by Gasteiger charge is 2.39. The fourth-order valence-corrected chi connectivity index (χ4v) is 4.91. The van der Waals surface area contributed by atoms with Crippen molar-refractivity contribution in [3.8, 4) is 0 Å². The number of hydrogen-bond donors (Lipinski definition) is 1. The highest BCUT2D eigenvalue weighted by Crippen LogP contribution is 2.32. The second-order valence-corrected chi connectivity index (χ2v) is 8.95. The lowest BCUT2D eigenvalue weighted by molar-refractivity contribution is 0.155. The summed E-state index contributed by atoms with van der Waals surface area (Å²) < 4.78 is 28.0. The Hall–Kier alpha value is -0.430. The van der Waals surface area contributed by atoms with Crippen molar-refractivity contribution in [1.82, 2.24) is 4.31 Å². The quantitative estimate of drug-likeness (QED) is 0.880. The molecule has 1 unspecified atom stereocenters. The molecule has 0 saturated carbocycles. The van der Waals surface area contributed by atoms with E-state index >= 15 is 0 Å². The van der Waals surface area contributed by atoms with Gasteiger partial charge < -0.3 is 5.73 Å². The van der Waals surface area contributed by atoms with Gasteiger partial charge in [-0.15, -0.1) is 0 Å². The summed E-state index contributed by atoms with van der Waals surface area (Å²) in [5, 5.41) is 0. The maximum atomic E-state index is 12.8. The van der Waals surface area contributed by atoms with Gasteiger partial charge in [-0.2, -0.15) is 4.31 Å². The van der Waals surface area contributed by atoms with Crippen LogP contribution in [0.1, 0.15) is 25.8 Å². The number of aryl methyl sites for hydroxylation is 1. The number of nitrogens with zero attached hydrogens (tertiary/aromatic N) is 1. The van der Waals surface area contributed by atoms with Crippen molar-refractivity contribution in [2.24, 2.45) is 11.1 Å². The number of hydrogen-bond acceptors (Lipinski definition) is 3. The van der Waals surface area contributed by atoms with E-state index in [0.717, 1.165) is 10.0 Å². The molecule has 2 rings (SSSR count). The summed E-state index contributed by atoms with van der Waals surface area (Å²) in [7, 11) is -3.46. The van der Waals surface area contributed by atoms with Crippen molar-refractivity contribution in [2.75, 3.05) is 13.1 Å². The van der Waals surface area contributed by atoms with Crippen molar-refractivity contribution < 1.29 is 8.42 Å². The Bertz CT molecular complexity index is 614. The normalized spacial score (nSPS) is 23.8. The number of nitrogens with two attached hydrogens (primary N) is 1. The molecule has 112 valence electrons. The molecule has 0 spiro atoms. The fraction of sp³-hybridized carbons (Fsp3) is 0.571. The SMILES string of the molecule is Cc1ccc(Br)cc1S(=O)(=O)N1CCC(N)C(C)(C)C1. The third-order valence-electron chi connectivity index (χ3n) is 4.05. The van der Waals surface area contributed by atoms with Crippen LogP contribution in [-0.4, -0.2) is 31.9 Å². The summed E-state index contributed by atoms with van der Waals surface area (Å²) in [5.74, 6) is 0. The van der Waals surface area contributed by atoms with E-state index in [1.54, 1.807) is 10.4 Å². The number of sulfonamides is 1. The van der Waals surface area contributed by atoms with E-state index in [2.05, 4.69) is 15.9 Å². The molecule has 1 aromatic carbocycles. The number of benzene rings is 1. The van der Waals surface area contributed by atoms with Crippen LogP contribution < -0.4 is 5.73 Å². The van der Waals surface area contributed by atoms with Crippen LogP contribution in [0.4, 0.5) is 0 Å². The lowest BCUT2D eigenvalue weighted by Crippen LogP contribution is -2.53. The first-order valence-corrected chi connectivity index (χ1v) is 8.90. The molecule has 0 radical (unpaired) electrons. The van der Waals surface area contributed by atoms with E-state index in [1.807, 2.05) is 32.9 Å². The lowest BCUT2D eigenvalue weighted by Gasteiger charge is -2.41. The smallest absolute Gasteiger partial charge is 0.243 e. The van der Waals surface area contributed by atoms with Crippen molar-refractivity contribution in [3.63, 3.8) is 0 Å². The first-order valence-electron chi connectivity index (χ1n) is 6.66. The molecule has 2 N–H and O–H groups in total. The van der Waals surface area contributed by atoms with Gasteiger partial charge >= 0.3 is 0 Å². The standard InChI is InChI=1S/C14H21BrN2O2S/c1-10-4-5-11(15)8-12(10)20(18,19)17-7-6-13(16)14(2,3)9-17/h4-5,8,13H,6-7,9,16H2,1-3H3. The molecule has 1 aliphatic rings. The summed E-state index contributed by atoms with van der Waals surface area (Å²) in [6, 6.07) is 5.38. The molecule has 1 atom stereocenters. The fourth-order valence-electron chi connectivity index (χ4n) is 2.52. The molecule has 0 aliphatic carbocycles. The van der Waals surface area contributed by atoms with Gasteiger partial charge in [0.2, 0.25) is 10.0 Å². The van der Waals surface area contributed by atoms with E-state index in [-0.39, 0.29) is 11.5 Å². The summed E-state index contributed by atoms with van der Waals surface area (Å²) >= 11 is 3.34. The molecule has 1 aliphatic heterocycles. The van der Waals surface area contributed by atoms with Crippen molar-refractivity contribution in [1.29, 1.82) is 0 Å². The summed E-state index contributed by atoms with van der Waals surface area (Å²) in [5.41, 5.74) is 6.64. The van der Waals surface area contributed by atoms with Gasteiger partial charge in [0.05, 0.1) is 4.90 Å². The van der Waals surface area contributed by atoms with Crippen molar-refractivity contribution in [3.05, 3.63) is 28.2 Å². The van der Waals surface area contributed by atoms with Crippen molar-refractivity contribution in [2.45, 2.75) is 38.1 Å². The monoisotopic (exact) mass is 360 g/mol. The van der Waals surface area contributed by atoms with Crippen LogP contribution in [-0.2, 0) is 10.0 Å². The number of piperidine rings is 1. The zero-order chi connectivity index (χ0) is 15.1. The van der Waals surface area contributed by atoms with Crippen LogP contribution in [0.25, 0.3) is 0 Å². The second kappa shape index (κ2) is 5.40. The highest BCUT2D eigenvalue weighted by atomic mass is 79.9. The minimum atomic E-state index is -3.46. The van der Waals surface area contributed by atoms with E-state index in [4.69, 9.17) is 5.73 Å². The van der Waals surface area contributed by atoms with Gasteiger partial charge in [-0.3, -0.25) is 0 Å². The topological polar surface area (TPSA) is 63.4 Å². The predicted molar refractivity (Wildman–Crippen MR) is 84.0 cm³/mol. The zero-order valence-electron chi connectivity index (χ0n) is 12.1. The van der Waals surface area contributed by atoms with Crippen LogP contribution in [0, 0.1) is 12.3 Å². The van der Waals surface area contributed by atoms with Crippen LogP contribution in [0.3, 0.4) is 0 Å². The Morgan fingerprint density at radius 2 is 2.05 bits per heavy atom. The largest absolute Gasteiger partial charge is 0.327 e. The molecule has 6 heteroatoms. The maximum absolute atomic E-state index is 12.8. The summed E-state index contributed by atoms with van der Waals surface area (Å²) in [6.45, 7) is 6.81. The van der Waals surface area contributed by atoms with Crippen LogP contribution in [0.15, 0.2) is 27.6 Å². The lowest BCUT2D eigenvalue weighted by atomic mass is 9.81. The van der Waals surface area contributed by atoms with Gasteiger partial charge in [0, 0.05) is 23.6 Å². The maximum Gasteiger partial charge on any atom is 0.243 e. The minimum Gasteiger partial charge on any atom is -0.327 e. The van der Waals surface area contributed by atoms with Gasteiger partial charge in [-0.25, -0.2) is 8.42 Å². The molecule has 20 heavy (non-hydrogen) atoms. The Balaban J connectivity index is 2.38. The first kappa shape index (κ1) is 15.9. The van der Waals surface area contributed by atoms with Gasteiger partial charge in [0.15, 0.2) is 0 Å². The minimum absolute atomic E-state index is 0.0394. The first-order chi connectivity index (χ1) is 9.14. The highest BCUT2D eigenvalue weighted by molar-refractivity contribution is 9.10. The van der Waals surface area contributed by atoms with E-state index in [0.29, 0.717) is 24.4 Å². The Labute approximate surface area is 129 Å². The van der Waals surface area contributed by atoms with Crippen LogP contribution in [0.2, 0.25) is 0 Å². The Morgan fingerprint density at radius 3 is 2.65 bits per heavy atom. The molecule has 1 aromatic rings. The Kier molecular flexibility index (Phi) is 4.31. The summed E-state index contributed by atoms with van der Waals surface area (Å²) in [6.07, 6.45) is 0.694. The third-order valence-corrected chi connectivity index (χ3v) is 6.53. The average molecular weight is 361 g/mol. The Morgan fingerprint density at radius 1 is 1.40 bits per heavy atom. The summed E-state index contributed by atoms with van der Waals surface area (Å²) in [4.78, 5) is 0.373. The van der Waals surface area contributed by atoms with E-state index < -0.39 is 10.0 Å². The zero-order valence-corrected chi connectivity index (χ0v) is 14.5. The molecule has 1 saturated heterocycles. The number of rotatable bonds is 2. The third kappa shape index (κ3) is 2.93. The molecule has 0 amide bonds. The molecule has 1 heterocycles. The predicted octanol–water partition coefficient (Wildman–Crippen LogP) is 2.51. The molecular formula is C14H21BrN2O2S. The number of halogens is 1. The van der Waals surface area contributed by atoms with Gasteiger partial charge in [-0.05, 0) is 36.5 Å². The molecule has 0 bridgehead atoms. The average Bonchev–Trinajstić information content (AvgIpc) is 2.35. The van der Waals surface area contributed by atoms with Crippen molar-refractivity contribution >= 4 is 26.0 Å². The van der Waals surface area contributed by atoms with Crippen LogP contribution in [0.5, 0.6) is 0 Å². The molecule has 0 aromatic heterocycles. The molecule has 1 fully saturated rings. The van der Waals surface area contributed by atoms with Crippen LogP contribution >= 0.6 is 15.9 Å².